The molecule has 3 rings (SSSR count). The Hall–Kier alpha value is -1.35. The van der Waals surface area contributed by atoms with Crippen LogP contribution < -0.4 is 5.73 Å². The summed E-state index contributed by atoms with van der Waals surface area (Å²) in [5, 5.41) is 5.94. The van der Waals surface area contributed by atoms with Crippen LogP contribution in [0, 0.1) is 0 Å². The first-order valence-corrected chi connectivity index (χ1v) is 9.55. The SMILES string of the molecule is CCc1nc(CN2CCN(C(=O)c3csc(CN)n3)CC2)cs1. The van der Waals surface area contributed by atoms with Gasteiger partial charge in [-0.15, -0.1) is 22.7 Å². The minimum Gasteiger partial charge on any atom is -0.335 e. The van der Waals surface area contributed by atoms with Gasteiger partial charge in [-0.25, -0.2) is 9.97 Å². The molecule has 1 aliphatic heterocycles. The van der Waals surface area contributed by atoms with E-state index in [1.807, 2.05) is 4.90 Å². The van der Waals surface area contributed by atoms with Crippen molar-refractivity contribution in [1.82, 2.24) is 19.8 Å². The molecular weight excluding hydrogens is 330 g/mol. The number of thiazole rings is 2. The molecule has 124 valence electrons. The first kappa shape index (κ1) is 16.5. The van der Waals surface area contributed by atoms with E-state index >= 15 is 0 Å². The lowest BCUT2D eigenvalue weighted by atomic mass is 10.2. The summed E-state index contributed by atoms with van der Waals surface area (Å²) < 4.78 is 0. The summed E-state index contributed by atoms with van der Waals surface area (Å²) in [6, 6.07) is 0. The second kappa shape index (κ2) is 7.48. The molecule has 2 N–H and O–H groups in total. The smallest absolute Gasteiger partial charge is 0.273 e. The van der Waals surface area contributed by atoms with Crippen LogP contribution in [0.3, 0.4) is 0 Å². The maximum Gasteiger partial charge on any atom is 0.273 e. The molecule has 0 bridgehead atoms. The Bertz CT molecular complexity index is 660. The summed E-state index contributed by atoms with van der Waals surface area (Å²) in [6.45, 7) is 6.60. The van der Waals surface area contributed by atoms with Crippen LogP contribution in [0.25, 0.3) is 0 Å². The molecule has 1 amide bonds. The number of aryl methyl sites for hydroxylation is 1. The van der Waals surface area contributed by atoms with E-state index in [2.05, 4.69) is 27.2 Å². The zero-order valence-electron chi connectivity index (χ0n) is 13.2. The monoisotopic (exact) mass is 351 g/mol. The van der Waals surface area contributed by atoms with Gasteiger partial charge in [0.1, 0.15) is 10.7 Å². The number of hydrogen-bond donors (Lipinski definition) is 1. The number of piperazine rings is 1. The molecule has 0 aliphatic carbocycles. The highest BCUT2D eigenvalue weighted by atomic mass is 32.1. The fourth-order valence-corrected chi connectivity index (χ4v) is 3.97. The van der Waals surface area contributed by atoms with Crippen molar-refractivity contribution in [1.29, 1.82) is 0 Å². The van der Waals surface area contributed by atoms with Crippen molar-refractivity contribution in [2.45, 2.75) is 26.4 Å². The molecule has 0 saturated carbocycles. The Labute approximate surface area is 144 Å². The standard InChI is InChI=1S/C15H21N5OS2/c1-2-13-17-11(9-22-13)8-19-3-5-20(6-4-19)15(21)12-10-23-14(7-16)18-12/h9-10H,2-8,16H2,1H3. The predicted octanol–water partition coefficient (Wildman–Crippen LogP) is 1.58. The summed E-state index contributed by atoms with van der Waals surface area (Å²) >= 11 is 3.17. The van der Waals surface area contributed by atoms with Crippen LogP contribution in [0.4, 0.5) is 0 Å². The van der Waals surface area contributed by atoms with Crippen LogP contribution >= 0.6 is 22.7 Å². The Morgan fingerprint density at radius 1 is 1.17 bits per heavy atom. The van der Waals surface area contributed by atoms with E-state index in [4.69, 9.17) is 5.73 Å². The van der Waals surface area contributed by atoms with Gasteiger partial charge in [-0.3, -0.25) is 9.69 Å². The number of rotatable bonds is 5. The van der Waals surface area contributed by atoms with Crippen molar-refractivity contribution < 1.29 is 4.79 Å². The minimum atomic E-state index is 0.0162. The summed E-state index contributed by atoms with van der Waals surface area (Å²) in [5.41, 5.74) is 7.22. The van der Waals surface area contributed by atoms with Gasteiger partial charge in [-0.2, -0.15) is 0 Å². The summed E-state index contributed by atoms with van der Waals surface area (Å²) in [5.74, 6) is 0.0162. The van der Waals surface area contributed by atoms with Gasteiger partial charge in [0.05, 0.1) is 10.7 Å². The Balaban J connectivity index is 1.52. The highest BCUT2D eigenvalue weighted by Gasteiger charge is 2.24. The zero-order valence-corrected chi connectivity index (χ0v) is 14.8. The molecule has 1 saturated heterocycles. The number of aromatic nitrogens is 2. The van der Waals surface area contributed by atoms with E-state index in [-0.39, 0.29) is 5.91 Å². The van der Waals surface area contributed by atoms with Gasteiger partial charge in [-0.1, -0.05) is 6.92 Å². The topological polar surface area (TPSA) is 75.4 Å². The molecule has 0 atom stereocenters. The molecule has 0 aromatic carbocycles. The van der Waals surface area contributed by atoms with E-state index in [0.717, 1.165) is 49.8 Å². The summed E-state index contributed by atoms with van der Waals surface area (Å²) in [7, 11) is 0. The summed E-state index contributed by atoms with van der Waals surface area (Å²) in [4.78, 5) is 25.6. The molecule has 0 spiro atoms. The van der Waals surface area contributed by atoms with Crippen LogP contribution in [0.2, 0.25) is 0 Å². The van der Waals surface area contributed by atoms with Crippen LogP contribution in [-0.4, -0.2) is 51.9 Å². The van der Waals surface area contributed by atoms with E-state index in [1.54, 1.807) is 16.7 Å². The molecule has 0 radical (unpaired) electrons. The summed E-state index contributed by atoms with van der Waals surface area (Å²) in [6.07, 6.45) is 0.991. The van der Waals surface area contributed by atoms with Crippen molar-refractivity contribution in [3.63, 3.8) is 0 Å². The Morgan fingerprint density at radius 2 is 1.91 bits per heavy atom. The van der Waals surface area contributed by atoms with Crippen LogP contribution in [0.5, 0.6) is 0 Å². The molecular formula is C15H21N5OS2. The molecule has 1 aliphatic rings. The number of carbonyl (C=O) groups excluding carboxylic acids is 1. The van der Waals surface area contributed by atoms with Crippen molar-refractivity contribution in [3.8, 4) is 0 Å². The number of carbonyl (C=O) groups is 1. The predicted molar refractivity (Wildman–Crippen MR) is 92.7 cm³/mol. The quantitative estimate of drug-likeness (QED) is 0.885. The fraction of sp³-hybridized carbons (Fsp3) is 0.533. The number of nitrogens with zero attached hydrogens (tertiary/aromatic N) is 4. The van der Waals surface area contributed by atoms with Crippen LogP contribution in [-0.2, 0) is 19.5 Å². The Kier molecular flexibility index (Phi) is 5.37. The number of amides is 1. The molecule has 23 heavy (non-hydrogen) atoms. The van der Waals surface area contributed by atoms with Gasteiger partial charge < -0.3 is 10.6 Å². The van der Waals surface area contributed by atoms with Crippen molar-refractivity contribution in [2.24, 2.45) is 5.73 Å². The van der Waals surface area contributed by atoms with E-state index in [0.29, 0.717) is 12.2 Å². The molecule has 6 nitrogen and oxygen atoms in total. The second-order valence-electron chi connectivity index (χ2n) is 5.49. The van der Waals surface area contributed by atoms with Crippen molar-refractivity contribution in [3.05, 3.63) is 32.2 Å². The largest absolute Gasteiger partial charge is 0.335 e. The fourth-order valence-electron chi connectivity index (χ4n) is 2.59. The van der Waals surface area contributed by atoms with Crippen molar-refractivity contribution >= 4 is 28.6 Å². The van der Waals surface area contributed by atoms with Gasteiger partial charge in [0, 0.05) is 50.0 Å². The van der Waals surface area contributed by atoms with Gasteiger partial charge in [0.2, 0.25) is 0 Å². The molecule has 2 aromatic heterocycles. The van der Waals surface area contributed by atoms with Gasteiger partial charge >= 0.3 is 0 Å². The normalized spacial score (nSPS) is 16.0. The third-order valence-corrected chi connectivity index (χ3v) is 5.81. The van der Waals surface area contributed by atoms with Gasteiger partial charge in [-0.05, 0) is 6.42 Å². The molecule has 3 heterocycles. The molecule has 8 heteroatoms. The lowest BCUT2D eigenvalue weighted by Gasteiger charge is -2.34. The van der Waals surface area contributed by atoms with E-state index < -0.39 is 0 Å². The highest BCUT2D eigenvalue weighted by molar-refractivity contribution is 7.10. The lowest BCUT2D eigenvalue weighted by Crippen LogP contribution is -2.48. The maximum absolute atomic E-state index is 12.4. The Morgan fingerprint density at radius 3 is 2.52 bits per heavy atom. The molecule has 2 aromatic rings. The van der Waals surface area contributed by atoms with Crippen LogP contribution in [0.15, 0.2) is 10.8 Å². The second-order valence-corrected chi connectivity index (χ2v) is 7.37. The number of hydrogen-bond acceptors (Lipinski definition) is 7. The first-order chi connectivity index (χ1) is 11.2. The van der Waals surface area contributed by atoms with Gasteiger partial charge in [0.15, 0.2) is 0 Å². The third kappa shape index (κ3) is 3.95. The average Bonchev–Trinajstić information content (AvgIpc) is 3.24. The first-order valence-electron chi connectivity index (χ1n) is 7.79. The molecule has 0 unspecified atom stereocenters. The van der Waals surface area contributed by atoms with Crippen molar-refractivity contribution in [2.75, 3.05) is 26.2 Å². The zero-order chi connectivity index (χ0) is 16.2. The average molecular weight is 352 g/mol. The minimum absolute atomic E-state index is 0.0162. The lowest BCUT2D eigenvalue weighted by molar-refractivity contribution is 0.0622. The highest BCUT2D eigenvalue weighted by Crippen LogP contribution is 2.16. The number of nitrogens with two attached hydrogens (primary N) is 1. The maximum atomic E-state index is 12.4. The van der Waals surface area contributed by atoms with Crippen LogP contribution in [0.1, 0.15) is 33.1 Å². The van der Waals surface area contributed by atoms with Gasteiger partial charge in [0.25, 0.3) is 5.91 Å². The van der Waals surface area contributed by atoms with E-state index in [1.165, 1.54) is 16.3 Å². The molecule has 1 fully saturated rings. The third-order valence-electron chi connectivity index (χ3n) is 3.89. The van der Waals surface area contributed by atoms with E-state index in [9.17, 15) is 4.79 Å².